The van der Waals surface area contributed by atoms with Gasteiger partial charge in [0.25, 0.3) is 5.62 Å². The Kier molecular flexibility index (Phi) is 4.12. The second-order valence-electron chi connectivity index (χ2n) is 7.25. The van der Waals surface area contributed by atoms with Gasteiger partial charge in [0.2, 0.25) is 5.95 Å². The molecule has 0 bridgehead atoms. The van der Waals surface area contributed by atoms with Crippen molar-refractivity contribution in [3.05, 3.63) is 58.2 Å². The van der Waals surface area contributed by atoms with Crippen LogP contribution in [0.1, 0.15) is 24.0 Å². The SMILES string of the molecule is Cc1ccc(F)c(Nc2nc(=NC3CC3)n3ncc(=Cc4cc(O)[nH]c4O)c3n2)c1. The molecule has 0 saturated heterocycles. The summed E-state index contributed by atoms with van der Waals surface area (Å²) in [5.41, 5.74) is 2.32. The van der Waals surface area contributed by atoms with Gasteiger partial charge in [-0.05, 0) is 43.5 Å². The smallest absolute Gasteiger partial charge is 0.251 e. The van der Waals surface area contributed by atoms with Crippen LogP contribution in [0.25, 0.3) is 11.7 Å². The van der Waals surface area contributed by atoms with Crippen molar-refractivity contribution in [1.29, 1.82) is 0 Å². The zero-order chi connectivity index (χ0) is 20.8. The van der Waals surface area contributed by atoms with E-state index in [4.69, 9.17) is 0 Å². The third kappa shape index (κ3) is 3.43. The van der Waals surface area contributed by atoms with E-state index in [-0.39, 0.29) is 29.4 Å². The number of anilines is 2. The summed E-state index contributed by atoms with van der Waals surface area (Å²) >= 11 is 0. The van der Waals surface area contributed by atoms with E-state index in [1.807, 2.05) is 6.92 Å². The number of benzene rings is 1. The molecular weight excluding hydrogens is 389 g/mol. The first kappa shape index (κ1) is 18.1. The predicted molar refractivity (Wildman–Crippen MR) is 107 cm³/mol. The molecule has 1 saturated carbocycles. The maximum Gasteiger partial charge on any atom is 0.251 e. The fourth-order valence-corrected chi connectivity index (χ4v) is 3.07. The van der Waals surface area contributed by atoms with Crippen LogP contribution in [0.2, 0.25) is 0 Å². The fraction of sp³-hybridized carbons (Fsp3) is 0.200. The third-order valence-corrected chi connectivity index (χ3v) is 4.71. The average Bonchev–Trinajstić information content (AvgIpc) is 3.34. The highest BCUT2D eigenvalue weighted by atomic mass is 19.1. The first-order chi connectivity index (χ1) is 14.5. The average molecular weight is 407 g/mol. The number of rotatable bonds is 4. The van der Waals surface area contributed by atoms with E-state index < -0.39 is 5.82 Å². The molecule has 4 N–H and O–H groups in total. The van der Waals surface area contributed by atoms with Gasteiger partial charge in [-0.3, -0.25) is 4.98 Å². The minimum absolute atomic E-state index is 0.161. The van der Waals surface area contributed by atoms with E-state index in [9.17, 15) is 14.6 Å². The Bertz CT molecular complexity index is 1390. The van der Waals surface area contributed by atoms with Gasteiger partial charge in [-0.1, -0.05) is 6.07 Å². The molecule has 1 aliphatic carbocycles. The van der Waals surface area contributed by atoms with E-state index >= 15 is 0 Å². The van der Waals surface area contributed by atoms with Crippen molar-refractivity contribution in [3.8, 4) is 11.8 Å². The second kappa shape index (κ2) is 6.83. The number of halogens is 1. The lowest BCUT2D eigenvalue weighted by Gasteiger charge is -2.07. The number of hydrogen-bond acceptors (Lipinski definition) is 7. The number of hydrogen-bond donors (Lipinski definition) is 4. The number of nitrogens with zero attached hydrogens (tertiary/aromatic N) is 5. The Morgan fingerprint density at radius 1 is 1.27 bits per heavy atom. The van der Waals surface area contributed by atoms with Crippen LogP contribution >= 0.6 is 0 Å². The van der Waals surface area contributed by atoms with E-state index in [0.717, 1.165) is 18.4 Å². The lowest BCUT2D eigenvalue weighted by atomic mass is 10.2. The van der Waals surface area contributed by atoms with Crippen LogP contribution in [0.5, 0.6) is 11.8 Å². The largest absolute Gasteiger partial charge is 0.494 e. The molecular formula is C20H18FN7O2. The summed E-state index contributed by atoms with van der Waals surface area (Å²) in [5, 5.41) is 27.3. The van der Waals surface area contributed by atoms with Crippen LogP contribution in [-0.2, 0) is 0 Å². The molecule has 9 nitrogen and oxygen atoms in total. The van der Waals surface area contributed by atoms with Crippen molar-refractivity contribution in [2.45, 2.75) is 25.8 Å². The highest BCUT2D eigenvalue weighted by Crippen LogP contribution is 2.23. The Hall–Kier alpha value is -3.95. The van der Waals surface area contributed by atoms with Crippen molar-refractivity contribution in [3.63, 3.8) is 0 Å². The van der Waals surface area contributed by atoms with Crippen molar-refractivity contribution >= 4 is 23.4 Å². The fourth-order valence-electron chi connectivity index (χ4n) is 3.07. The number of fused-ring (bicyclic) bond motifs is 1. The molecule has 4 aromatic rings. The zero-order valence-corrected chi connectivity index (χ0v) is 16.0. The van der Waals surface area contributed by atoms with Crippen molar-refractivity contribution in [1.82, 2.24) is 24.6 Å². The Morgan fingerprint density at radius 2 is 2.10 bits per heavy atom. The summed E-state index contributed by atoms with van der Waals surface area (Å²) in [6.45, 7) is 1.87. The van der Waals surface area contributed by atoms with Crippen molar-refractivity contribution < 1.29 is 14.6 Å². The van der Waals surface area contributed by atoms with Gasteiger partial charge in [0.05, 0.1) is 17.9 Å². The molecule has 0 radical (unpaired) electrons. The van der Waals surface area contributed by atoms with Gasteiger partial charge in [-0.15, -0.1) is 0 Å². The second-order valence-corrected chi connectivity index (χ2v) is 7.25. The number of aromatic nitrogens is 5. The van der Waals surface area contributed by atoms with Gasteiger partial charge in [0.15, 0.2) is 17.4 Å². The normalized spacial score (nSPS) is 15.3. The molecule has 0 aliphatic heterocycles. The maximum atomic E-state index is 14.2. The van der Waals surface area contributed by atoms with E-state index in [1.54, 1.807) is 24.4 Å². The number of aromatic hydroxyl groups is 2. The summed E-state index contributed by atoms with van der Waals surface area (Å²) < 4.78 is 15.7. The number of aryl methyl sites for hydroxylation is 1. The van der Waals surface area contributed by atoms with Crippen LogP contribution in [-0.4, -0.2) is 40.8 Å². The molecule has 3 aromatic heterocycles. The molecule has 1 aliphatic rings. The molecule has 1 aromatic carbocycles. The Morgan fingerprint density at radius 3 is 2.83 bits per heavy atom. The topological polar surface area (TPSA) is 124 Å². The molecule has 3 heterocycles. The molecule has 10 heteroatoms. The Labute approximate surface area is 169 Å². The van der Waals surface area contributed by atoms with Gasteiger partial charge in [0, 0.05) is 16.8 Å². The first-order valence-corrected chi connectivity index (χ1v) is 9.42. The summed E-state index contributed by atoms with van der Waals surface area (Å²) in [6.07, 6.45) is 5.16. The minimum Gasteiger partial charge on any atom is -0.494 e. The van der Waals surface area contributed by atoms with E-state index in [0.29, 0.717) is 22.0 Å². The van der Waals surface area contributed by atoms with Crippen LogP contribution in [0.15, 0.2) is 35.5 Å². The van der Waals surface area contributed by atoms with Crippen LogP contribution < -0.4 is 16.2 Å². The summed E-state index contributed by atoms with van der Waals surface area (Å²) in [4.78, 5) is 15.9. The summed E-state index contributed by atoms with van der Waals surface area (Å²) in [7, 11) is 0. The van der Waals surface area contributed by atoms with Crippen molar-refractivity contribution in [2.75, 3.05) is 5.32 Å². The summed E-state index contributed by atoms with van der Waals surface area (Å²) in [6, 6.07) is 6.31. The summed E-state index contributed by atoms with van der Waals surface area (Å²) in [5.74, 6) is -0.573. The molecule has 0 unspecified atom stereocenters. The van der Waals surface area contributed by atoms with Crippen LogP contribution in [0, 0.1) is 12.7 Å². The molecule has 5 rings (SSSR count). The van der Waals surface area contributed by atoms with Gasteiger partial charge in [-0.25, -0.2) is 9.38 Å². The van der Waals surface area contributed by atoms with Gasteiger partial charge in [0.1, 0.15) is 5.82 Å². The minimum atomic E-state index is -0.419. The van der Waals surface area contributed by atoms with E-state index in [1.165, 1.54) is 16.6 Å². The number of aromatic amines is 1. The van der Waals surface area contributed by atoms with Gasteiger partial charge in [-0.2, -0.15) is 19.6 Å². The van der Waals surface area contributed by atoms with Gasteiger partial charge >= 0.3 is 0 Å². The third-order valence-electron chi connectivity index (χ3n) is 4.71. The lowest BCUT2D eigenvalue weighted by molar-refractivity contribution is 0.425. The standard InChI is InChI=1S/C20H18FN7O2/c1-10-2-5-14(21)15(6-10)24-19-26-17-12(7-11-8-16(29)25-18(11)30)9-22-28(17)20(27-19)23-13-3-4-13/h2,5-9,13,25,29-30H,3-4H2,1H3,(H,23,24,27). The lowest BCUT2D eigenvalue weighted by Crippen LogP contribution is -2.24. The maximum absolute atomic E-state index is 14.2. The first-order valence-electron chi connectivity index (χ1n) is 9.42. The quantitative estimate of drug-likeness (QED) is 0.408. The Balaban J connectivity index is 1.68. The molecule has 0 amide bonds. The van der Waals surface area contributed by atoms with Crippen LogP contribution in [0.3, 0.4) is 0 Å². The van der Waals surface area contributed by atoms with Crippen molar-refractivity contribution in [2.24, 2.45) is 4.99 Å². The number of H-pyrrole nitrogens is 1. The predicted octanol–water partition coefficient (Wildman–Crippen LogP) is 1.67. The zero-order valence-electron chi connectivity index (χ0n) is 16.0. The van der Waals surface area contributed by atoms with E-state index in [2.05, 4.69) is 30.4 Å². The highest BCUT2D eigenvalue weighted by Gasteiger charge is 2.21. The molecule has 30 heavy (non-hydrogen) atoms. The monoisotopic (exact) mass is 407 g/mol. The molecule has 0 spiro atoms. The molecule has 152 valence electrons. The highest BCUT2D eigenvalue weighted by molar-refractivity contribution is 5.62. The van der Waals surface area contributed by atoms with Crippen LogP contribution in [0.4, 0.5) is 16.0 Å². The molecule has 0 atom stereocenters. The molecule has 1 fully saturated rings. The number of nitrogens with one attached hydrogen (secondary N) is 2. The van der Waals surface area contributed by atoms with Gasteiger partial charge < -0.3 is 15.5 Å².